The van der Waals surface area contributed by atoms with Gasteiger partial charge in [-0.1, -0.05) is 47.5 Å². The van der Waals surface area contributed by atoms with Crippen LogP contribution in [-0.2, 0) is 17.6 Å². The third-order valence-corrected chi connectivity index (χ3v) is 4.75. The summed E-state index contributed by atoms with van der Waals surface area (Å²) >= 11 is 12.0. The summed E-state index contributed by atoms with van der Waals surface area (Å²) in [6, 6.07) is 15.5. The fourth-order valence-corrected chi connectivity index (χ4v) is 3.11. The lowest BCUT2D eigenvalue weighted by atomic mass is 9.92. The minimum Gasteiger partial charge on any atom is -0.355 e. The molecule has 1 aromatic heterocycles. The molecule has 0 fully saturated rings. The van der Waals surface area contributed by atoms with Gasteiger partial charge >= 0.3 is 0 Å². The lowest BCUT2D eigenvalue weighted by Gasteiger charge is -2.18. The number of nitrogens with zero attached hydrogens (tertiary/aromatic N) is 2. The fraction of sp³-hybridized carbons (Fsp3) is 0.250. The van der Waals surface area contributed by atoms with Gasteiger partial charge < -0.3 is 5.32 Å². The van der Waals surface area contributed by atoms with E-state index in [1.54, 1.807) is 6.92 Å². The largest absolute Gasteiger partial charge is 0.355 e. The number of hydrogen-bond acceptors (Lipinski definition) is 3. The Labute approximate surface area is 168 Å². The maximum Gasteiger partial charge on any atom is 0.227 e. The van der Waals surface area contributed by atoms with Gasteiger partial charge in [0.1, 0.15) is 5.82 Å². The third kappa shape index (κ3) is 5.81. The van der Waals surface area contributed by atoms with E-state index in [9.17, 15) is 4.79 Å². The van der Waals surface area contributed by atoms with Gasteiger partial charge in [-0.2, -0.15) is 5.10 Å². The Kier molecular flexibility index (Phi) is 6.48. The average Bonchev–Trinajstić information content (AvgIpc) is 3.06. The third-order valence-electron chi connectivity index (χ3n) is 4.24. The van der Waals surface area contributed by atoms with Crippen molar-refractivity contribution in [2.24, 2.45) is 0 Å². The molecule has 5 nitrogen and oxygen atoms in total. The SMILES string of the molecule is Cc1nc(CC(=O)NC[C@H](Cc2ccc(Cl)cc2)c2ccc(Cl)cc2)n[nH]1. The van der Waals surface area contributed by atoms with Gasteiger partial charge in [0.2, 0.25) is 5.91 Å². The van der Waals surface area contributed by atoms with Crippen molar-refractivity contribution in [1.29, 1.82) is 0 Å². The van der Waals surface area contributed by atoms with Crippen LogP contribution in [0.15, 0.2) is 48.5 Å². The summed E-state index contributed by atoms with van der Waals surface area (Å²) in [6.45, 7) is 2.31. The Hall–Kier alpha value is -2.37. The molecular formula is C20H20Cl2N4O. The summed E-state index contributed by atoms with van der Waals surface area (Å²) in [5.41, 5.74) is 2.27. The molecule has 0 spiro atoms. The van der Waals surface area contributed by atoms with Gasteiger partial charge in [-0.15, -0.1) is 0 Å². The van der Waals surface area contributed by atoms with E-state index in [1.807, 2.05) is 48.5 Å². The first-order chi connectivity index (χ1) is 13.0. The molecule has 1 atom stereocenters. The predicted octanol–water partition coefficient (Wildman–Crippen LogP) is 4.11. The maximum absolute atomic E-state index is 12.3. The molecule has 3 rings (SSSR count). The Balaban J connectivity index is 1.68. The number of benzene rings is 2. The second kappa shape index (κ2) is 9.02. The second-order valence-corrected chi connectivity index (χ2v) is 7.27. The highest BCUT2D eigenvalue weighted by Crippen LogP contribution is 2.23. The summed E-state index contributed by atoms with van der Waals surface area (Å²) < 4.78 is 0. The minimum absolute atomic E-state index is 0.107. The zero-order valence-corrected chi connectivity index (χ0v) is 16.4. The molecule has 7 heteroatoms. The van der Waals surface area contributed by atoms with Crippen LogP contribution in [0.3, 0.4) is 0 Å². The number of amides is 1. The van der Waals surface area contributed by atoms with Crippen LogP contribution in [0.4, 0.5) is 0 Å². The van der Waals surface area contributed by atoms with Gasteiger partial charge in [0.05, 0.1) is 6.42 Å². The van der Waals surface area contributed by atoms with E-state index >= 15 is 0 Å². The van der Waals surface area contributed by atoms with Crippen LogP contribution in [-0.4, -0.2) is 27.6 Å². The Morgan fingerprint density at radius 1 is 1.07 bits per heavy atom. The average molecular weight is 403 g/mol. The molecule has 0 radical (unpaired) electrons. The van der Waals surface area contributed by atoms with Crippen molar-refractivity contribution >= 4 is 29.1 Å². The van der Waals surface area contributed by atoms with Crippen LogP contribution in [0.25, 0.3) is 0 Å². The zero-order valence-electron chi connectivity index (χ0n) is 14.9. The van der Waals surface area contributed by atoms with Gasteiger partial charge in [0.15, 0.2) is 5.82 Å². The van der Waals surface area contributed by atoms with Gasteiger partial charge in [0, 0.05) is 22.5 Å². The lowest BCUT2D eigenvalue weighted by Crippen LogP contribution is -2.30. The van der Waals surface area contributed by atoms with Crippen molar-refractivity contribution < 1.29 is 4.79 Å². The van der Waals surface area contributed by atoms with E-state index in [2.05, 4.69) is 20.5 Å². The van der Waals surface area contributed by atoms with Crippen molar-refractivity contribution in [3.05, 3.63) is 81.4 Å². The van der Waals surface area contributed by atoms with Crippen molar-refractivity contribution in [2.45, 2.75) is 25.7 Å². The molecule has 3 aromatic rings. The number of nitrogens with one attached hydrogen (secondary N) is 2. The monoisotopic (exact) mass is 402 g/mol. The van der Waals surface area contributed by atoms with Crippen LogP contribution in [0.2, 0.25) is 10.0 Å². The zero-order chi connectivity index (χ0) is 19.2. The van der Waals surface area contributed by atoms with E-state index in [0.717, 1.165) is 17.5 Å². The molecule has 0 bridgehead atoms. The number of carbonyl (C=O) groups excluding carboxylic acids is 1. The quantitative estimate of drug-likeness (QED) is 0.624. The summed E-state index contributed by atoms with van der Waals surface area (Å²) in [4.78, 5) is 16.4. The molecule has 2 aromatic carbocycles. The van der Waals surface area contributed by atoms with Crippen LogP contribution >= 0.6 is 23.2 Å². The van der Waals surface area contributed by atoms with E-state index < -0.39 is 0 Å². The molecule has 0 saturated heterocycles. The molecule has 1 amide bonds. The molecule has 2 N–H and O–H groups in total. The Morgan fingerprint density at radius 2 is 1.70 bits per heavy atom. The van der Waals surface area contributed by atoms with Crippen molar-refractivity contribution in [3.8, 4) is 0 Å². The van der Waals surface area contributed by atoms with E-state index in [-0.39, 0.29) is 18.2 Å². The van der Waals surface area contributed by atoms with Gasteiger partial charge in [-0.25, -0.2) is 4.98 Å². The molecule has 0 saturated carbocycles. The van der Waals surface area contributed by atoms with Gasteiger partial charge in [-0.05, 0) is 48.7 Å². The van der Waals surface area contributed by atoms with Gasteiger partial charge in [0.25, 0.3) is 0 Å². The molecule has 0 aliphatic heterocycles. The van der Waals surface area contributed by atoms with Crippen LogP contribution in [0, 0.1) is 6.92 Å². The van der Waals surface area contributed by atoms with Crippen molar-refractivity contribution in [1.82, 2.24) is 20.5 Å². The minimum atomic E-state index is -0.107. The van der Waals surface area contributed by atoms with Gasteiger partial charge in [-0.3, -0.25) is 9.89 Å². The summed E-state index contributed by atoms with van der Waals surface area (Å²) in [5.74, 6) is 1.19. The highest BCUT2D eigenvalue weighted by molar-refractivity contribution is 6.30. The predicted molar refractivity (Wildman–Crippen MR) is 107 cm³/mol. The smallest absolute Gasteiger partial charge is 0.227 e. The number of rotatable bonds is 7. The molecular weight excluding hydrogens is 383 g/mol. The number of hydrogen-bond donors (Lipinski definition) is 2. The summed E-state index contributed by atoms with van der Waals surface area (Å²) in [6.07, 6.45) is 0.928. The number of aryl methyl sites for hydroxylation is 1. The molecule has 0 unspecified atom stereocenters. The summed E-state index contributed by atoms with van der Waals surface area (Å²) in [7, 11) is 0. The standard InChI is InChI=1S/C20H20Cl2N4O/c1-13-24-19(26-25-13)11-20(27)23-12-16(15-4-8-18(22)9-5-15)10-14-2-6-17(21)7-3-14/h2-9,16H,10-12H2,1H3,(H,23,27)(H,24,25,26)/t16-/m0/s1. The number of aromatic nitrogens is 3. The molecule has 1 heterocycles. The number of aromatic amines is 1. The van der Waals surface area contributed by atoms with Crippen molar-refractivity contribution in [2.75, 3.05) is 6.54 Å². The normalized spacial score (nSPS) is 12.0. The van der Waals surface area contributed by atoms with E-state index in [4.69, 9.17) is 23.2 Å². The highest BCUT2D eigenvalue weighted by atomic mass is 35.5. The summed E-state index contributed by atoms with van der Waals surface area (Å²) in [5, 5.41) is 11.1. The molecule has 27 heavy (non-hydrogen) atoms. The molecule has 140 valence electrons. The number of H-pyrrole nitrogens is 1. The second-order valence-electron chi connectivity index (χ2n) is 6.40. The highest BCUT2D eigenvalue weighted by Gasteiger charge is 2.15. The van der Waals surface area contributed by atoms with E-state index in [0.29, 0.717) is 28.2 Å². The Bertz CT molecular complexity index is 891. The first-order valence-electron chi connectivity index (χ1n) is 8.64. The molecule has 0 aliphatic rings. The first kappa shape index (κ1) is 19.4. The van der Waals surface area contributed by atoms with Crippen LogP contribution < -0.4 is 5.32 Å². The fourth-order valence-electron chi connectivity index (χ4n) is 2.86. The van der Waals surface area contributed by atoms with Crippen LogP contribution in [0.5, 0.6) is 0 Å². The van der Waals surface area contributed by atoms with Crippen LogP contribution in [0.1, 0.15) is 28.7 Å². The number of carbonyl (C=O) groups is 1. The molecule has 0 aliphatic carbocycles. The van der Waals surface area contributed by atoms with Crippen molar-refractivity contribution in [3.63, 3.8) is 0 Å². The lowest BCUT2D eigenvalue weighted by molar-refractivity contribution is -0.120. The topological polar surface area (TPSA) is 70.7 Å². The maximum atomic E-state index is 12.3. The van der Waals surface area contributed by atoms with E-state index in [1.165, 1.54) is 0 Å². The Morgan fingerprint density at radius 3 is 2.30 bits per heavy atom. The number of halogens is 2. The first-order valence-corrected chi connectivity index (χ1v) is 9.39.